The van der Waals surface area contributed by atoms with Gasteiger partial charge in [0.15, 0.2) is 0 Å². The summed E-state index contributed by atoms with van der Waals surface area (Å²) in [5, 5.41) is 0. The van der Waals surface area contributed by atoms with Crippen LogP contribution in [0.2, 0.25) is 0 Å². The van der Waals surface area contributed by atoms with E-state index in [-0.39, 0.29) is 59.4 Å². The smallest absolute Gasteiger partial charge is 0.736 e. The molecule has 0 bridgehead atoms. The Morgan fingerprint density at radius 2 is 0.473 bits per heavy atom. The molecule has 6 aliphatic rings. The second-order valence-corrected chi connectivity index (χ2v) is 33.0. The normalized spacial score (nSPS) is 16.9. The van der Waals surface area contributed by atoms with E-state index in [1.54, 1.807) is 0 Å². The van der Waals surface area contributed by atoms with E-state index < -0.39 is 15.6 Å². The molecule has 0 aromatic heterocycles. The molecule has 11 heteroatoms. The van der Waals surface area contributed by atoms with Gasteiger partial charge in [-0.3, -0.25) is 0 Å². The molecule has 4 aliphatic carbocycles. The minimum atomic E-state index is -4.78. The predicted molar refractivity (Wildman–Crippen MR) is 370 cm³/mol. The molecular weight excluding hydrogens is 1190 g/mol. The summed E-state index contributed by atoms with van der Waals surface area (Å²) >= 11 is 0. The van der Waals surface area contributed by atoms with E-state index in [4.69, 9.17) is 18.1 Å². The fraction of sp³-hybridized carbons (Fsp3) is 0.400. The van der Waals surface area contributed by atoms with Crippen LogP contribution < -0.4 is 27.9 Å². The van der Waals surface area contributed by atoms with Gasteiger partial charge in [0.05, 0.1) is 0 Å². The number of fused-ring (bicyclic) bond motifs is 14. The zero-order valence-corrected chi connectivity index (χ0v) is 59.7. The van der Waals surface area contributed by atoms with Crippen LogP contribution in [0.3, 0.4) is 0 Å². The van der Waals surface area contributed by atoms with Gasteiger partial charge < -0.3 is 27.9 Å². The van der Waals surface area contributed by atoms with Crippen molar-refractivity contribution in [3.05, 3.63) is 188 Å². The summed E-state index contributed by atoms with van der Waals surface area (Å²) in [6.07, 6.45) is 16.2. The number of phosphoric acid groups is 2. The van der Waals surface area contributed by atoms with Crippen LogP contribution in [0, 0.1) is 0 Å². The molecule has 0 radical (unpaired) electrons. The molecule has 468 valence electrons. The number of rotatable bonds is 4. The number of hydrogen-bond donors (Lipinski definition) is 0. The molecule has 2 heterocycles. The van der Waals surface area contributed by atoms with Gasteiger partial charge in [0, 0.05) is 44.5 Å². The second kappa shape index (κ2) is 24.7. The number of benzene rings is 8. The molecule has 0 saturated heterocycles. The molecule has 0 saturated carbocycles. The molecular formula is C80H88CaO8P2. The fourth-order valence-corrected chi connectivity index (χ4v) is 16.6. The number of phosphoric ester groups is 2. The molecule has 2 aliphatic heterocycles. The monoisotopic (exact) mass is 1280 g/mol. The van der Waals surface area contributed by atoms with Gasteiger partial charge in [-0.2, -0.15) is 0 Å². The third kappa shape index (κ3) is 13.0. The van der Waals surface area contributed by atoms with E-state index in [2.05, 4.69) is 204 Å². The topological polar surface area (TPSA) is 117 Å². The van der Waals surface area contributed by atoms with Gasteiger partial charge in [0.1, 0.15) is 23.0 Å². The zero-order valence-electron chi connectivity index (χ0n) is 55.7. The Balaban J connectivity index is 0.000000174. The molecule has 8 aromatic carbocycles. The van der Waals surface area contributed by atoms with Crippen LogP contribution in [0.25, 0.3) is 66.8 Å². The van der Waals surface area contributed by atoms with Gasteiger partial charge in [-0.05, 0) is 238 Å². The minimum Gasteiger partial charge on any atom is -0.736 e. The van der Waals surface area contributed by atoms with Crippen LogP contribution in [0.5, 0.6) is 23.0 Å². The summed E-state index contributed by atoms with van der Waals surface area (Å²) in [5.41, 5.74) is 25.8. The first-order valence-corrected chi connectivity index (χ1v) is 36.1. The van der Waals surface area contributed by atoms with E-state index in [9.17, 15) is 18.9 Å². The Kier molecular flexibility index (Phi) is 17.8. The van der Waals surface area contributed by atoms with Crippen molar-refractivity contribution < 1.29 is 37.0 Å². The average molecular weight is 1280 g/mol. The Morgan fingerprint density at radius 1 is 0.297 bits per heavy atom. The zero-order chi connectivity index (χ0) is 63.5. The SMILES string of the molecule is CC(C)(C)c1ccc(-c2cc3c(c4c2OP(=O)([O-])Oc2c(-c5ccc(C(C)(C)C)cc5)cc5c(c2-4)CCCC5)CCCC3)cc1.CC(C)(C)c1ccc(-c2cc3c(c4c2OP(=O)([O-])Oc2c(-c5ccc(C(C)(C)C)cc5)cc5c(c2-4)CCCC5)CCCC3)cc1.[Ca+2]. The molecule has 0 spiro atoms. The molecule has 14 rings (SSSR count). The summed E-state index contributed by atoms with van der Waals surface area (Å²) in [5.74, 6) is 1.68. The third-order valence-electron chi connectivity index (χ3n) is 20.0. The van der Waals surface area contributed by atoms with E-state index in [1.165, 1.54) is 66.8 Å². The van der Waals surface area contributed by atoms with Crippen LogP contribution in [0.4, 0.5) is 0 Å². The van der Waals surface area contributed by atoms with Crippen molar-refractivity contribution in [2.45, 2.75) is 207 Å². The van der Waals surface area contributed by atoms with Gasteiger partial charge in [-0.15, -0.1) is 0 Å². The van der Waals surface area contributed by atoms with Gasteiger partial charge >= 0.3 is 53.4 Å². The Morgan fingerprint density at radius 3 is 0.648 bits per heavy atom. The van der Waals surface area contributed by atoms with Crippen molar-refractivity contribution >= 4 is 53.4 Å². The van der Waals surface area contributed by atoms with Crippen LogP contribution >= 0.6 is 15.6 Å². The van der Waals surface area contributed by atoms with Crippen molar-refractivity contribution in [3.8, 4) is 89.8 Å². The first-order valence-electron chi connectivity index (χ1n) is 33.2. The third-order valence-corrected chi connectivity index (χ3v) is 21.6. The van der Waals surface area contributed by atoms with Crippen molar-refractivity contribution in [1.29, 1.82) is 0 Å². The molecule has 0 atom stereocenters. The quantitative estimate of drug-likeness (QED) is 0.126. The van der Waals surface area contributed by atoms with Gasteiger partial charge in [-0.1, -0.05) is 180 Å². The number of hydrogen-bond acceptors (Lipinski definition) is 8. The van der Waals surface area contributed by atoms with Crippen LogP contribution in [0.15, 0.2) is 121 Å². The second-order valence-electron chi connectivity index (χ2n) is 30.5. The van der Waals surface area contributed by atoms with Crippen LogP contribution in [0.1, 0.15) is 201 Å². The average Bonchev–Trinajstić information content (AvgIpc) is 1.70. The Labute approximate surface area is 571 Å². The van der Waals surface area contributed by atoms with Crippen molar-refractivity contribution in [2.75, 3.05) is 0 Å². The number of aryl methyl sites for hydroxylation is 4. The summed E-state index contributed by atoms with van der Waals surface area (Å²) in [6.45, 7) is 26.4. The van der Waals surface area contributed by atoms with E-state index >= 15 is 0 Å². The first kappa shape index (κ1) is 65.7. The molecule has 0 amide bonds. The summed E-state index contributed by atoms with van der Waals surface area (Å²) in [6, 6.07) is 42.9. The molecule has 0 fully saturated rings. The molecule has 8 aromatic rings. The predicted octanol–water partition coefficient (Wildman–Crippen LogP) is 20.2. The molecule has 0 unspecified atom stereocenters. The minimum absolute atomic E-state index is 0. The Hall–Kier alpha value is -5.40. The molecule has 0 N–H and O–H groups in total. The summed E-state index contributed by atoms with van der Waals surface area (Å²) < 4.78 is 52.1. The van der Waals surface area contributed by atoms with E-state index in [0.29, 0.717) is 23.0 Å². The van der Waals surface area contributed by atoms with Gasteiger partial charge in [0.2, 0.25) is 0 Å². The van der Waals surface area contributed by atoms with E-state index in [0.717, 1.165) is 169 Å². The maximum absolute atomic E-state index is 13.9. The first-order chi connectivity index (χ1) is 42.6. The summed E-state index contributed by atoms with van der Waals surface area (Å²) in [7, 11) is -9.57. The van der Waals surface area contributed by atoms with Crippen molar-refractivity contribution in [3.63, 3.8) is 0 Å². The van der Waals surface area contributed by atoms with Gasteiger partial charge in [-0.25, -0.2) is 9.13 Å². The Bertz CT molecular complexity index is 3690. The van der Waals surface area contributed by atoms with Crippen LogP contribution in [-0.2, 0) is 82.2 Å². The van der Waals surface area contributed by atoms with Crippen molar-refractivity contribution in [1.82, 2.24) is 0 Å². The van der Waals surface area contributed by atoms with Crippen molar-refractivity contribution in [2.24, 2.45) is 0 Å². The molecule has 8 nitrogen and oxygen atoms in total. The largest absolute Gasteiger partial charge is 2.00 e. The maximum Gasteiger partial charge on any atom is 2.00 e. The standard InChI is InChI=1S/2C40H45O4P.Ca/c2*1-39(2,3)29-19-15-25(16-20-29)33-23-27-11-7-9-13-31(27)35-36-32-14-10-8-12-28(32)24-34(38(36)44-45(41,42)43-37(33)35)26-17-21-30(22-18-26)40(4,5)6;/h2*15-24H,7-14H2,1-6H3,(H,41,42);/q;;+2/p-2. The van der Waals surface area contributed by atoms with Crippen LogP contribution in [-0.4, -0.2) is 37.7 Å². The molecule has 91 heavy (non-hydrogen) atoms. The fourth-order valence-electron chi connectivity index (χ4n) is 14.9. The summed E-state index contributed by atoms with van der Waals surface area (Å²) in [4.78, 5) is 27.7. The van der Waals surface area contributed by atoms with E-state index in [1.807, 2.05) is 0 Å². The van der Waals surface area contributed by atoms with Gasteiger partial charge in [0.25, 0.3) is 0 Å². The maximum atomic E-state index is 13.9.